The maximum Gasteiger partial charge on any atom is 0.274 e. The fourth-order valence-corrected chi connectivity index (χ4v) is 5.64. The van der Waals surface area contributed by atoms with Crippen molar-refractivity contribution in [1.29, 1.82) is 0 Å². The summed E-state index contributed by atoms with van der Waals surface area (Å²) in [6.07, 6.45) is 0.881. The Morgan fingerprint density at radius 2 is 1.58 bits per heavy atom. The van der Waals surface area contributed by atoms with Gasteiger partial charge in [-0.1, -0.05) is 61.7 Å². The molecule has 0 radical (unpaired) electrons. The van der Waals surface area contributed by atoms with Crippen molar-refractivity contribution < 1.29 is 19.3 Å². The highest BCUT2D eigenvalue weighted by Crippen LogP contribution is 2.44. The van der Waals surface area contributed by atoms with E-state index in [0.29, 0.717) is 17.9 Å². The molecule has 8 nitrogen and oxygen atoms in total. The van der Waals surface area contributed by atoms with Gasteiger partial charge in [0, 0.05) is 26.3 Å². The van der Waals surface area contributed by atoms with E-state index in [9.17, 15) is 24.5 Å². The number of carbonyl (C=O) groups is 3. The van der Waals surface area contributed by atoms with Crippen molar-refractivity contribution in [2.75, 3.05) is 0 Å². The van der Waals surface area contributed by atoms with Gasteiger partial charge in [0.2, 0.25) is 0 Å². The summed E-state index contributed by atoms with van der Waals surface area (Å²) in [6.45, 7) is -0.314. The van der Waals surface area contributed by atoms with Gasteiger partial charge in [-0.15, -0.1) is 0 Å². The number of rotatable bonds is 5. The van der Waals surface area contributed by atoms with Crippen LogP contribution in [0.4, 0.5) is 5.69 Å². The molecule has 0 aromatic heterocycles. The quantitative estimate of drug-likeness (QED) is 0.214. The third-order valence-corrected chi connectivity index (χ3v) is 8.95. The number of nitrogens with zero attached hydrogens (tertiary/aromatic N) is 3. The highest BCUT2D eigenvalue weighted by Gasteiger charge is 2.54. The number of hydrazine groups is 1. The molecule has 33 heavy (non-hydrogen) atoms. The van der Waals surface area contributed by atoms with Crippen molar-refractivity contribution in [3.05, 3.63) is 74.8 Å². The Morgan fingerprint density at radius 1 is 1.03 bits per heavy atom. The number of amides is 3. The minimum Gasteiger partial charge on any atom is -0.272 e. The van der Waals surface area contributed by atoms with E-state index >= 15 is 0 Å². The van der Waals surface area contributed by atoms with E-state index in [1.54, 1.807) is 6.07 Å². The summed E-state index contributed by atoms with van der Waals surface area (Å²) < 4.78 is 0. The molecule has 172 valence electrons. The molecule has 1 heterocycles. The number of imide groups is 1. The van der Waals surface area contributed by atoms with Crippen LogP contribution in [-0.4, -0.2) is 42.3 Å². The molecule has 4 rings (SSSR count). The van der Waals surface area contributed by atoms with Gasteiger partial charge in [0.25, 0.3) is 23.4 Å². The van der Waals surface area contributed by atoms with Gasteiger partial charge in [-0.2, -0.15) is 5.01 Å². The number of hydrogen-bond acceptors (Lipinski definition) is 5. The maximum absolute atomic E-state index is 13.5. The number of carbonyl (C=O) groups excluding carboxylic acids is 3. The van der Waals surface area contributed by atoms with Gasteiger partial charge in [0.15, 0.2) is 0 Å². The van der Waals surface area contributed by atoms with E-state index in [1.165, 1.54) is 42.5 Å². The first-order valence-electron chi connectivity index (χ1n) is 10.1. The molecule has 11 heteroatoms. The zero-order valence-corrected chi connectivity index (χ0v) is 21.0. The van der Waals surface area contributed by atoms with Crippen molar-refractivity contribution in [3.63, 3.8) is 0 Å². The molecule has 0 spiro atoms. The molecule has 1 saturated carbocycles. The molecule has 2 aromatic carbocycles. The molecule has 2 aromatic rings. The fourth-order valence-electron chi connectivity index (χ4n) is 4.27. The highest BCUT2D eigenvalue weighted by atomic mass is 79.9. The Bertz CT molecular complexity index is 1100. The smallest absolute Gasteiger partial charge is 0.272 e. The molecular weight excluding hydrogens is 582 g/mol. The number of halogens is 3. The van der Waals surface area contributed by atoms with Crippen LogP contribution in [-0.2, 0) is 16.1 Å². The first kappa shape index (κ1) is 23.8. The normalized spacial score (nSPS) is 24.5. The Kier molecular flexibility index (Phi) is 6.88. The van der Waals surface area contributed by atoms with Gasteiger partial charge in [0.1, 0.15) is 0 Å². The number of para-hydroxylation sites is 1. The van der Waals surface area contributed by atoms with Crippen LogP contribution in [0, 0.1) is 22.0 Å². The lowest BCUT2D eigenvalue weighted by molar-refractivity contribution is -0.385. The van der Waals surface area contributed by atoms with Gasteiger partial charge < -0.3 is 0 Å². The molecule has 2 aliphatic rings. The third kappa shape index (κ3) is 4.56. The number of nitro benzene ring substituents is 1. The summed E-state index contributed by atoms with van der Waals surface area (Å²) in [7, 11) is 0. The van der Waals surface area contributed by atoms with Crippen LogP contribution >= 0.6 is 43.5 Å². The summed E-state index contributed by atoms with van der Waals surface area (Å²) in [5.74, 6) is -2.72. The number of alkyl halides is 2. The summed E-state index contributed by atoms with van der Waals surface area (Å²) >= 11 is 13.0. The van der Waals surface area contributed by atoms with Crippen LogP contribution in [0.2, 0.25) is 5.02 Å². The monoisotopic (exact) mass is 597 g/mol. The van der Waals surface area contributed by atoms with Crippen molar-refractivity contribution >= 4 is 66.9 Å². The van der Waals surface area contributed by atoms with Gasteiger partial charge in [0.05, 0.1) is 28.9 Å². The first-order chi connectivity index (χ1) is 15.7. The zero-order chi connectivity index (χ0) is 23.9. The molecule has 2 fully saturated rings. The second-order valence-electron chi connectivity index (χ2n) is 7.96. The lowest BCUT2D eigenvalue weighted by Crippen LogP contribution is -2.49. The minimum absolute atomic E-state index is 0.00563. The van der Waals surface area contributed by atoms with Gasteiger partial charge >= 0.3 is 0 Å². The third-order valence-electron chi connectivity index (χ3n) is 5.96. The second-order valence-corrected chi connectivity index (χ2v) is 10.7. The van der Waals surface area contributed by atoms with Crippen molar-refractivity contribution in [1.82, 2.24) is 10.0 Å². The molecule has 3 amide bonds. The van der Waals surface area contributed by atoms with Crippen molar-refractivity contribution in [3.8, 4) is 0 Å². The Balaban J connectivity index is 1.75. The van der Waals surface area contributed by atoms with E-state index in [0.717, 1.165) is 10.0 Å². The highest BCUT2D eigenvalue weighted by molar-refractivity contribution is 9.12. The SMILES string of the molecule is O=C(c1ccc(Cl)cc1)N(Cc1ccccc1[N+](=O)[O-])N1C(=O)[C@H]2C[C@@H](Br)[C@@H](Br)C[C@H]2C1=O. The largest absolute Gasteiger partial charge is 0.274 e. The van der Waals surface area contributed by atoms with Crippen LogP contribution in [0.5, 0.6) is 0 Å². The van der Waals surface area contributed by atoms with Crippen molar-refractivity contribution in [2.24, 2.45) is 11.8 Å². The molecular formula is C22H18Br2ClN3O5. The molecule has 1 saturated heterocycles. The Morgan fingerprint density at radius 3 is 2.12 bits per heavy atom. The van der Waals surface area contributed by atoms with Crippen molar-refractivity contribution in [2.45, 2.75) is 29.0 Å². The van der Waals surface area contributed by atoms with E-state index in [-0.39, 0.29) is 33.0 Å². The molecule has 0 unspecified atom stereocenters. The molecule has 1 aliphatic carbocycles. The first-order valence-corrected chi connectivity index (χ1v) is 12.4. The number of benzene rings is 2. The number of fused-ring (bicyclic) bond motifs is 1. The van der Waals surface area contributed by atoms with E-state index < -0.39 is 34.5 Å². The fraction of sp³-hybridized carbons (Fsp3) is 0.318. The van der Waals surface area contributed by atoms with Gasteiger partial charge in [-0.25, -0.2) is 5.01 Å². The number of hydrogen-bond donors (Lipinski definition) is 0. The predicted octanol–water partition coefficient (Wildman–Crippen LogP) is 4.73. The molecule has 4 atom stereocenters. The summed E-state index contributed by atoms with van der Waals surface area (Å²) in [4.78, 5) is 51.2. The summed E-state index contributed by atoms with van der Waals surface area (Å²) in [6, 6.07) is 12.0. The molecule has 1 aliphatic heterocycles. The van der Waals surface area contributed by atoms with Crippen LogP contribution in [0.25, 0.3) is 0 Å². The lowest BCUT2D eigenvalue weighted by atomic mass is 9.81. The lowest BCUT2D eigenvalue weighted by Gasteiger charge is -2.30. The summed E-state index contributed by atoms with van der Waals surface area (Å²) in [5.41, 5.74) is 0.200. The second kappa shape index (κ2) is 9.52. The molecule has 0 bridgehead atoms. The zero-order valence-electron chi connectivity index (χ0n) is 17.1. The summed E-state index contributed by atoms with van der Waals surface area (Å²) in [5, 5.41) is 13.9. The average Bonchev–Trinajstić information content (AvgIpc) is 3.02. The van der Waals surface area contributed by atoms with E-state index in [1.807, 2.05) is 0 Å². The standard InChI is InChI=1S/C22H18Br2ClN3O5/c23-17-9-15-16(10-18(17)24)22(31)27(21(15)30)26(20(29)12-5-7-14(25)8-6-12)11-13-3-1-2-4-19(13)28(32)33/h1-8,15-18H,9-11H2/t15-,16+,17+,18-. The average molecular weight is 600 g/mol. The molecule has 0 N–H and O–H groups in total. The predicted molar refractivity (Wildman–Crippen MR) is 128 cm³/mol. The van der Waals surface area contributed by atoms with Gasteiger partial charge in [-0.3, -0.25) is 24.5 Å². The van der Waals surface area contributed by atoms with Crippen LogP contribution in [0.1, 0.15) is 28.8 Å². The Labute approximate surface area is 211 Å². The number of nitro groups is 1. The van der Waals surface area contributed by atoms with E-state index in [2.05, 4.69) is 31.9 Å². The van der Waals surface area contributed by atoms with Crippen LogP contribution in [0.15, 0.2) is 48.5 Å². The minimum atomic E-state index is -0.629. The Hall–Kier alpha value is -2.30. The van der Waals surface area contributed by atoms with Crippen LogP contribution in [0.3, 0.4) is 0 Å². The maximum atomic E-state index is 13.5. The van der Waals surface area contributed by atoms with E-state index in [4.69, 9.17) is 11.6 Å². The van der Waals surface area contributed by atoms with Crippen LogP contribution < -0.4 is 0 Å². The topological polar surface area (TPSA) is 101 Å². The van der Waals surface area contributed by atoms with Gasteiger partial charge in [-0.05, 0) is 37.1 Å².